The van der Waals surface area contributed by atoms with Crippen LogP contribution in [-0.4, -0.2) is 6.67 Å². The van der Waals surface area contributed by atoms with Gasteiger partial charge in [0.2, 0.25) is 0 Å². The van der Waals surface area contributed by atoms with Gasteiger partial charge >= 0.3 is 0 Å². The van der Waals surface area contributed by atoms with Crippen LogP contribution in [0.4, 0.5) is 10.1 Å². The van der Waals surface area contributed by atoms with Crippen LogP contribution in [0.3, 0.4) is 0 Å². The van der Waals surface area contributed by atoms with Crippen LogP contribution in [0.25, 0.3) is 10.8 Å². The summed E-state index contributed by atoms with van der Waals surface area (Å²) in [5.41, 5.74) is 7.66. The summed E-state index contributed by atoms with van der Waals surface area (Å²) >= 11 is 6.90. The summed E-state index contributed by atoms with van der Waals surface area (Å²) in [6, 6.07) is 7.68. The molecule has 2 aromatic carbocycles. The van der Waals surface area contributed by atoms with Crippen molar-refractivity contribution >= 4 is 48.3 Å². The van der Waals surface area contributed by atoms with Gasteiger partial charge in [0.05, 0.1) is 12.4 Å². The molecule has 16 heavy (non-hydrogen) atoms. The third-order valence-corrected chi connectivity index (χ3v) is 3.84. The lowest BCUT2D eigenvalue weighted by Gasteiger charge is -2.10. The van der Waals surface area contributed by atoms with Crippen LogP contribution in [0.2, 0.25) is 0 Å². The van der Waals surface area contributed by atoms with Gasteiger partial charge in [0.15, 0.2) is 0 Å². The minimum absolute atomic E-state index is 0.360. The fourth-order valence-corrected chi connectivity index (χ4v) is 3.25. The maximum Gasteiger partial charge on any atom is 0.0935 e. The standard InChI is InChI=1S/C12H10Br2FN/c13-9-6-10(14)12(16)8-3-1-2-7(4-5-15)11(8)9/h1-3,6H,4-5,16H2. The van der Waals surface area contributed by atoms with E-state index in [2.05, 4.69) is 31.9 Å². The van der Waals surface area contributed by atoms with E-state index in [9.17, 15) is 4.39 Å². The Bertz CT molecular complexity index is 540. The fourth-order valence-electron chi connectivity index (χ4n) is 1.81. The first kappa shape index (κ1) is 11.9. The Labute approximate surface area is 110 Å². The van der Waals surface area contributed by atoms with E-state index < -0.39 is 0 Å². The van der Waals surface area contributed by atoms with Gasteiger partial charge in [-0.15, -0.1) is 0 Å². The van der Waals surface area contributed by atoms with Gasteiger partial charge in [0, 0.05) is 26.1 Å². The molecule has 2 rings (SSSR count). The molecule has 0 radical (unpaired) electrons. The van der Waals surface area contributed by atoms with Crippen molar-refractivity contribution in [1.29, 1.82) is 0 Å². The number of alkyl halides is 1. The monoisotopic (exact) mass is 345 g/mol. The molecule has 0 atom stereocenters. The van der Waals surface area contributed by atoms with Gasteiger partial charge in [0.1, 0.15) is 0 Å². The van der Waals surface area contributed by atoms with Crippen molar-refractivity contribution < 1.29 is 4.39 Å². The lowest BCUT2D eigenvalue weighted by molar-refractivity contribution is 0.496. The van der Waals surface area contributed by atoms with Crippen LogP contribution in [0.1, 0.15) is 5.56 Å². The molecule has 0 unspecified atom stereocenters. The largest absolute Gasteiger partial charge is 0.397 e. The van der Waals surface area contributed by atoms with Crippen LogP contribution in [0, 0.1) is 0 Å². The average Bonchev–Trinajstić information content (AvgIpc) is 2.26. The summed E-state index contributed by atoms with van der Waals surface area (Å²) in [7, 11) is 0. The Balaban J connectivity index is 2.82. The molecule has 0 saturated heterocycles. The highest BCUT2D eigenvalue weighted by molar-refractivity contribution is 9.11. The summed E-state index contributed by atoms with van der Waals surface area (Å²) in [5.74, 6) is 0. The van der Waals surface area contributed by atoms with Gasteiger partial charge < -0.3 is 5.73 Å². The number of halogens is 3. The topological polar surface area (TPSA) is 26.0 Å². The second-order valence-electron chi connectivity index (χ2n) is 3.53. The molecule has 84 valence electrons. The van der Waals surface area contributed by atoms with Crippen molar-refractivity contribution in [2.24, 2.45) is 0 Å². The normalized spacial score (nSPS) is 10.9. The number of nitrogen functional groups attached to an aromatic ring is 1. The maximum absolute atomic E-state index is 12.5. The summed E-state index contributed by atoms with van der Waals surface area (Å²) in [6.45, 7) is -0.360. The van der Waals surface area contributed by atoms with Crippen molar-refractivity contribution in [1.82, 2.24) is 0 Å². The van der Waals surface area contributed by atoms with E-state index in [-0.39, 0.29) is 6.67 Å². The van der Waals surface area contributed by atoms with Gasteiger partial charge in [-0.2, -0.15) is 0 Å². The number of hydrogen-bond donors (Lipinski definition) is 1. The average molecular weight is 347 g/mol. The molecule has 2 N–H and O–H groups in total. The molecule has 0 aliphatic heterocycles. The predicted molar refractivity (Wildman–Crippen MR) is 73.4 cm³/mol. The quantitative estimate of drug-likeness (QED) is 0.798. The number of benzene rings is 2. The number of aryl methyl sites for hydroxylation is 1. The summed E-state index contributed by atoms with van der Waals surface area (Å²) in [5, 5.41) is 1.95. The molecule has 2 aromatic rings. The van der Waals surface area contributed by atoms with E-state index in [1.165, 1.54) is 0 Å². The molecule has 1 nitrogen and oxygen atoms in total. The lowest BCUT2D eigenvalue weighted by atomic mass is 10.0. The number of hydrogen-bond acceptors (Lipinski definition) is 1. The van der Waals surface area contributed by atoms with E-state index in [0.717, 1.165) is 25.3 Å². The highest BCUT2D eigenvalue weighted by atomic mass is 79.9. The fraction of sp³-hybridized carbons (Fsp3) is 0.167. The van der Waals surface area contributed by atoms with E-state index in [1.807, 2.05) is 24.3 Å². The first-order chi connectivity index (χ1) is 7.65. The van der Waals surface area contributed by atoms with E-state index in [0.29, 0.717) is 12.1 Å². The van der Waals surface area contributed by atoms with Crippen LogP contribution in [0.5, 0.6) is 0 Å². The molecule has 0 spiro atoms. The first-order valence-corrected chi connectivity index (χ1v) is 6.44. The zero-order valence-corrected chi connectivity index (χ0v) is 11.6. The summed E-state index contributed by atoms with van der Waals surface area (Å²) < 4.78 is 14.3. The lowest BCUT2D eigenvalue weighted by Crippen LogP contribution is -1.94. The third-order valence-electron chi connectivity index (χ3n) is 2.55. The second kappa shape index (κ2) is 4.72. The molecule has 0 amide bonds. The number of fused-ring (bicyclic) bond motifs is 1. The number of anilines is 1. The molecular weight excluding hydrogens is 337 g/mol. The Morgan fingerprint density at radius 2 is 1.94 bits per heavy atom. The van der Waals surface area contributed by atoms with Gasteiger partial charge in [-0.05, 0) is 27.6 Å². The Kier molecular flexibility index (Phi) is 3.50. The maximum atomic E-state index is 12.5. The smallest absolute Gasteiger partial charge is 0.0935 e. The van der Waals surface area contributed by atoms with Crippen molar-refractivity contribution in [2.75, 3.05) is 12.4 Å². The minimum Gasteiger partial charge on any atom is -0.397 e. The van der Waals surface area contributed by atoms with Crippen LogP contribution in [0.15, 0.2) is 33.2 Å². The zero-order valence-electron chi connectivity index (χ0n) is 8.43. The van der Waals surface area contributed by atoms with Crippen LogP contribution >= 0.6 is 31.9 Å². The molecule has 0 aromatic heterocycles. The second-order valence-corrected chi connectivity index (χ2v) is 5.24. The Hall–Kier alpha value is -0.610. The van der Waals surface area contributed by atoms with Crippen LogP contribution in [-0.2, 0) is 6.42 Å². The first-order valence-electron chi connectivity index (χ1n) is 4.86. The highest BCUT2D eigenvalue weighted by Gasteiger charge is 2.10. The molecule has 0 aliphatic rings. The molecule has 0 saturated carbocycles. The van der Waals surface area contributed by atoms with Crippen molar-refractivity contribution in [3.63, 3.8) is 0 Å². The van der Waals surface area contributed by atoms with Gasteiger partial charge in [0.25, 0.3) is 0 Å². The van der Waals surface area contributed by atoms with Gasteiger partial charge in [-0.1, -0.05) is 34.1 Å². The van der Waals surface area contributed by atoms with Crippen molar-refractivity contribution in [2.45, 2.75) is 6.42 Å². The van der Waals surface area contributed by atoms with E-state index >= 15 is 0 Å². The molecular formula is C12H10Br2FN. The van der Waals surface area contributed by atoms with Crippen LogP contribution < -0.4 is 5.73 Å². The Morgan fingerprint density at radius 3 is 2.62 bits per heavy atom. The summed E-state index contributed by atoms with van der Waals surface area (Å²) in [4.78, 5) is 0. The predicted octanol–water partition coefficient (Wildman–Crippen LogP) is 4.46. The van der Waals surface area contributed by atoms with E-state index in [1.54, 1.807) is 0 Å². The minimum atomic E-state index is -0.360. The third kappa shape index (κ3) is 1.96. The van der Waals surface area contributed by atoms with Gasteiger partial charge in [-0.3, -0.25) is 4.39 Å². The van der Waals surface area contributed by atoms with E-state index in [4.69, 9.17) is 5.73 Å². The van der Waals surface area contributed by atoms with Crippen molar-refractivity contribution in [3.8, 4) is 0 Å². The molecule has 4 heteroatoms. The van der Waals surface area contributed by atoms with Crippen molar-refractivity contribution in [3.05, 3.63) is 38.8 Å². The highest BCUT2D eigenvalue weighted by Crippen LogP contribution is 2.36. The number of nitrogens with two attached hydrogens (primary N) is 1. The molecule has 0 bridgehead atoms. The number of rotatable bonds is 2. The molecule has 0 aliphatic carbocycles. The van der Waals surface area contributed by atoms with Gasteiger partial charge in [-0.25, -0.2) is 0 Å². The molecule has 0 heterocycles. The Morgan fingerprint density at radius 1 is 1.19 bits per heavy atom. The zero-order chi connectivity index (χ0) is 11.7. The summed E-state index contributed by atoms with van der Waals surface area (Å²) in [6.07, 6.45) is 0.414. The SMILES string of the molecule is Nc1c(Br)cc(Br)c2c(CCF)cccc12. The molecule has 0 fully saturated rings.